The molecular formula is C9H7BrN2O2. The van der Waals surface area contributed by atoms with E-state index in [1.165, 1.54) is 6.20 Å². The number of phenolic OH excluding ortho intramolecular Hbond substituents is 1. The molecule has 1 heterocycles. The Labute approximate surface area is 88.5 Å². The van der Waals surface area contributed by atoms with E-state index in [2.05, 4.69) is 20.9 Å². The number of nitrogens with two attached hydrogens (primary N) is 1. The maximum Gasteiger partial charge on any atom is 0.292 e. The van der Waals surface area contributed by atoms with Crippen molar-refractivity contribution < 1.29 is 9.52 Å². The van der Waals surface area contributed by atoms with Crippen LogP contribution < -0.4 is 5.73 Å². The summed E-state index contributed by atoms with van der Waals surface area (Å²) in [5, 5.41) is 9.29. The topological polar surface area (TPSA) is 72.3 Å². The maximum absolute atomic E-state index is 9.29. The van der Waals surface area contributed by atoms with E-state index >= 15 is 0 Å². The van der Waals surface area contributed by atoms with E-state index in [-0.39, 0.29) is 11.8 Å². The Hall–Kier alpha value is -1.49. The molecule has 3 N–H and O–H groups in total. The summed E-state index contributed by atoms with van der Waals surface area (Å²) in [6.07, 6.45) is 1.51. The lowest BCUT2D eigenvalue weighted by atomic mass is 10.2. The monoisotopic (exact) mass is 254 g/mol. The normalized spacial score (nSPS) is 10.4. The molecule has 0 aliphatic rings. The van der Waals surface area contributed by atoms with Crippen LogP contribution in [0.15, 0.2) is 33.3 Å². The predicted octanol–water partition coefficient (Wildman–Crippen LogP) is 2.39. The van der Waals surface area contributed by atoms with Crippen molar-refractivity contribution in [3.63, 3.8) is 0 Å². The highest BCUT2D eigenvalue weighted by Crippen LogP contribution is 2.31. The first kappa shape index (κ1) is 9.08. The Kier molecular flexibility index (Phi) is 2.17. The van der Waals surface area contributed by atoms with Gasteiger partial charge in [0.2, 0.25) is 0 Å². The third-order valence-electron chi connectivity index (χ3n) is 1.74. The van der Waals surface area contributed by atoms with Crippen molar-refractivity contribution in [2.75, 3.05) is 5.73 Å². The molecule has 0 unspecified atom stereocenters. The third-order valence-corrected chi connectivity index (χ3v) is 2.43. The Morgan fingerprint density at radius 2 is 2.21 bits per heavy atom. The molecule has 0 radical (unpaired) electrons. The van der Waals surface area contributed by atoms with E-state index in [1.807, 2.05) is 0 Å². The minimum Gasteiger partial charge on any atom is -0.508 e. The van der Waals surface area contributed by atoms with Gasteiger partial charge in [0.1, 0.15) is 5.75 Å². The molecule has 0 fully saturated rings. The number of hydrogen-bond acceptors (Lipinski definition) is 4. The first-order valence-corrected chi connectivity index (χ1v) is 4.66. The van der Waals surface area contributed by atoms with Crippen LogP contribution in [0.3, 0.4) is 0 Å². The minimum absolute atomic E-state index is 0.107. The third kappa shape index (κ3) is 1.58. The Bertz CT molecular complexity index is 468. The number of oxazole rings is 1. The van der Waals surface area contributed by atoms with Crippen LogP contribution in [-0.4, -0.2) is 10.1 Å². The van der Waals surface area contributed by atoms with Crippen molar-refractivity contribution in [1.29, 1.82) is 0 Å². The lowest BCUT2D eigenvalue weighted by molar-refractivity contribution is 0.475. The second kappa shape index (κ2) is 3.34. The number of nitrogens with zero attached hydrogens (tertiary/aromatic N) is 1. The van der Waals surface area contributed by atoms with Crippen molar-refractivity contribution >= 4 is 21.9 Å². The van der Waals surface area contributed by atoms with Gasteiger partial charge in [0.05, 0.1) is 6.20 Å². The van der Waals surface area contributed by atoms with E-state index in [0.717, 1.165) is 4.47 Å². The molecule has 72 valence electrons. The fourth-order valence-corrected chi connectivity index (χ4v) is 1.56. The molecule has 0 saturated heterocycles. The molecule has 2 rings (SSSR count). The fraction of sp³-hybridized carbons (Fsp3) is 0. The number of halogens is 1. The van der Waals surface area contributed by atoms with Crippen LogP contribution in [0.2, 0.25) is 0 Å². The zero-order chi connectivity index (χ0) is 10.1. The quantitative estimate of drug-likeness (QED) is 0.820. The highest BCUT2D eigenvalue weighted by molar-refractivity contribution is 9.10. The predicted molar refractivity (Wildman–Crippen MR) is 55.7 cm³/mol. The number of rotatable bonds is 1. The lowest BCUT2D eigenvalue weighted by Crippen LogP contribution is -1.80. The zero-order valence-electron chi connectivity index (χ0n) is 7.07. The maximum atomic E-state index is 9.29. The van der Waals surface area contributed by atoms with Gasteiger partial charge in [-0.2, -0.15) is 0 Å². The van der Waals surface area contributed by atoms with Gasteiger partial charge < -0.3 is 15.3 Å². The minimum atomic E-state index is 0.107. The SMILES string of the molecule is Nc1ncc(-c2cc(O)ccc2Br)o1. The van der Waals surface area contributed by atoms with E-state index < -0.39 is 0 Å². The summed E-state index contributed by atoms with van der Waals surface area (Å²) in [5.41, 5.74) is 6.07. The van der Waals surface area contributed by atoms with Crippen molar-refractivity contribution in [2.45, 2.75) is 0 Å². The first-order chi connectivity index (χ1) is 6.66. The van der Waals surface area contributed by atoms with Crippen LogP contribution in [0.4, 0.5) is 6.01 Å². The molecule has 0 aliphatic carbocycles. The molecule has 0 aliphatic heterocycles. The molecule has 0 atom stereocenters. The number of benzene rings is 1. The molecule has 0 spiro atoms. The largest absolute Gasteiger partial charge is 0.508 e. The summed E-state index contributed by atoms with van der Waals surface area (Å²) in [6.45, 7) is 0. The van der Waals surface area contributed by atoms with Gasteiger partial charge in [-0.3, -0.25) is 0 Å². The molecule has 0 bridgehead atoms. The van der Waals surface area contributed by atoms with Crippen LogP contribution in [0.1, 0.15) is 0 Å². The van der Waals surface area contributed by atoms with Gasteiger partial charge in [-0.25, -0.2) is 4.98 Å². The number of phenols is 1. The lowest BCUT2D eigenvalue weighted by Gasteiger charge is -2.00. The molecule has 0 amide bonds. The first-order valence-electron chi connectivity index (χ1n) is 3.87. The van der Waals surface area contributed by atoms with Gasteiger partial charge in [0.25, 0.3) is 6.01 Å². The second-order valence-electron chi connectivity index (χ2n) is 2.73. The second-order valence-corrected chi connectivity index (χ2v) is 3.58. The van der Waals surface area contributed by atoms with Crippen molar-refractivity contribution in [3.05, 3.63) is 28.9 Å². The molecule has 14 heavy (non-hydrogen) atoms. The summed E-state index contributed by atoms with van der Waals surface area (Å²) >= 11 is 3.34. The van der Waals surface area contributed by atoms with Crippen LogP contribution in [0.25, 0.3) is 11.3 Å². The smallest absolute Gasteiger partial charge is 0.292 e. The van der Waals surface area contributed by atoms with E-state index in [0.29, 0.717) is 11.3 Å². The zero-order valence-corrected chi connectivity index (χ0v) is 8.65. The summed E-state index contributed by atoms with van der Waals surface area (Å²) in [7, 11) is 0. The Balaban J connectivity index is 2.55. The number of hydrogen-bond donors (Lipinski definition) is 2. The van der Waals surface area contributed by atoms with E-state index in [9.17, 15) is 5.11 Å². The van der Waals surface area contributed by atoms with Crippen molar-refractivity contribution in [3.8, 4) is 17.1 Å². The van der Waals surface area contributed by atoms with Crippen LogP contribution in [0, 0.1) is 0 Å². The van der Waals surface area contributed by atoms with Gasteiger partial charge in [-0.1, -0.05) is 15.9 Å². The van der Waals surface area contributed by atoms with Gasteiger partial charge in [-0.15, -0.1) is 0 Å². The fourth-order valence-electron chi connectivity index (χ4n) is 1.11. The summed E-state index contributed by atoms with van der Waals surface area (Å²) < 4.78 is 5.94. The Morgan fingerprint density at radius 3 is 2.86 bits per heavy atom. The van der Waals surface area contributed by atoms with Gasteiger partial charge >= 0.3 is 0 Å². The van der Waals surface area contributed by atoms with Gasteiger partial charge in [0, 0.05) is 10.0 Å². The Morgan fingerprint density at radius 1 is 1.43 bits per heavy atom. The van der Waals surface area contributed by atoms with Gasteiger partial charge in [0.15, 0.2) is 5.76 Å². The molecule has 4 nitrogen and oxygen atoms in total. The summed E-state index contributed by atoms with van der Waals surface area (Å²) in [4.78, 5) is 3.77. The summed E-state index contributed by atoms with van der Waals surface area (Å²) in [5.74, 6) is 0.684. The molecule has 0 saturated carbocycles. The number of nitrogen functional groups attached to an aromatic ring is 1. The average Bonchev–Trinajstić information content (AvgIpc) is 2.56. The van der Waals surface area contributed by atoms with Crippen LogP contribution >= 0.6 is 15.9 Å². The molecule has 1 aromatic heterocycles. The average molecular weight is 255 g/mol. The van der Waals surface area contributed by atoms with E-state index in [4.69, 9.17) is 10.2 Å². The van der Waals surface area contributed by atoms with Crippen molar-refractivity contribution in [2.24, 2.45) is 0 Å². The number of aromatic nitrogens is 1. The molecule has 5 heteroatoms. The molecule has 2 aromatic rings. The summed E-state index contributed by atoms with van der Waals surface area (Å²) in [6, 6.07) is 4.98. The molecular weight excluding hydrogens is 248 g/mol. The van der Waals surface area contributed by atoms with Crippen molar-refractivity contribution in [1.82, 2.24) is 4.98 Å². The van der Waals surface area contributed by atoms with Crippen LogP contribution in [0.5, 0.6) is 5.75 Å². The van der Waals surface area contributed by atoms with Crippen LogP contribution in [-0.2, 0) is 0 Å². The number of anilines is 1. The van der Waals surface area contributed by atoms with Gasteiger partial charge in [-0.05, 0) is 18.2 Å². The molecule has 1 aromatic carbocycles. The van der Waals surface area contributed by atoms with E-state index in [1.54, 1.807) is 18.2 Å². The highest BCUT2D eigenvalue weighted by atomic mass is 79.9. The number of aromatic hydroxyl groups is 1. The standard InChI is InChI=1S/C9H7BrN2O2/c10-7-2-1-5(13)3-6(7)8-4-12-9(11)14-8/h1-4,13H,(H2,11,12). The highest BCUT2D eigenvalue weighted by Gasteiger charge is 2.08.